The van der Waals surface area contributed by atoms with Crippen LogP contribution in [-0.4, -0.2) is 0 Å². The summed E-state index contributed by atoms with van der Waals surface area (Å²) in [4.78, 5) is 2.26. The third kappa shape index (κ3) is 4.73. The van der Waals surface area contributed by atoms with E-state index in [0.717, 1.165) is 45.3 Å². The molecule has 0 spiro atoms. The molecule has 0 heterocycles. The number of nitrogens with zero attached hydrogens (tertiary/aromatic N) is 1. The van der Waals surface area contributed by atoms with Crippen molar-refractivity contribution in [3.63, 3.8) is 0 Å². The molecule has 5 aromatic rings. The maximum absolute atomic E-state index is 5.80. The highest BCUT2D eigenvalue weighted by atomic mass is 15.1. The highest BCUT2D eigenvalue weighted by Crippen LogP contribution is 2.35. The summed E-state index contributed by atoms with van der Waals surface area (Å²) >= 11 is 0. The van der Waals surface area contributed by atoms with Crippen molar-refractivity contribution >= 4 is 34.1 Å². The molecule has 0 amide bonds. The van der Waals surface area contributed by atoms with E-state index in [0.29, 0.717) is 0 Å². The fourth-order valence-electron chi connectivity index (χ4n) is 3.88. The van der Waals surface area contributed by atoms with E-state index in [1.807, 2.05) is 36.4 Å². The molecule has 0 saturated carbocycles. The van der Waals surface area contributed by atoms with Crippen molar-refractivity contribution in [1.29, 1.82) is 0 Å². The summed E-state index contributed by atoms with van der Waals surface area (Å²) in [6.07, 6.45) is 0. The third-order valence-corrected chi connectivity index (χ3v) is 5.57. The number of benzene rings is 5. The average Bonchev–Trinajstić information content (AvgIpc) is 2.88. The van der Waals surface area contributed by atoms with Crippen molar-refractivity contribution < 1.29 is 0 Å². The monoisotopic (exact) mass is 427 g/mol. The van der Waals surface area contributed by atoms with Crippen LogP contribution in [0.3, 0.4) is 0 Å². The molecule has 0 atom stereocenters. The van der Waals surface area contributed by atoms with Gasteiger partial charge in [0, 0.05) is 34.1 Å². The Bertz CT molecular complexity index is 1260. The van der Waals surface area contributed by atoms with Crippen molar-refractivity contribution in [2.45, 2.75) is 0 Å². The third-order valence-electron chi connectivity index (χ3n) is 5.57. The first-order valence-corrected chi connectivity index (χ1v) is 11.0. The highest BCUT2D eigenvalue weighted by molar-refractivity contribution is 5.78. The summed E-state index contributed by atoms with van der Waals surface area (Å²) in [5, 5.41) is 3.50. The van der Waals surface area contributed by atoms with E-state index in [1.54, 1.807) is 0 Å². The van der Waals surface area contributed by atoms with Crippen LogP contribution < -0.4 is 16.0 Å². The predicted octanol–water partition coefficient (Wildman–Crippen LogP) is 8.15. The number of nitrogens with one attached hydrogen (secondary N) is 1. The summed E-state index contributed by atoms with van der Waals surface area (Å²) in [5.41, 5.74) is 14.3. The molecule has 0 aliphatic rings. The maximum atomic E-state index is 5.80. The van der Waals surface area contributed by atoms with Crippen molar-refractivity contribution in [2.75, 3.05) is 16.0 Å². The predicted molar refractivity (Wildman–Crippen MR) is 141 cm³/mol. The summed E-state index contributed by atoms with van der Waals surface area (Å²) in [7, 11) is 0. The molecule has 33 heavy (non-hydrogen) atoms. The number of anilines is 6. The average molecular weight is 428 g/mol. The first-order valence-electron chi connectivity index (χ1n) is 11.0. The van der Waals surface area contributed by atoms with Crippen LogP contribution >= 0.6 is 0 Å². The molecule has 0 radical (unpaired) electrons. The van der Waals surface area contributed by atoms with Crippen LogP contribution in [0, 0.1) is 0 Å². The van der Waals surface area contributed by atoms with E-state index < -0.39 is 0 Å². The van der Waals surface area contributed by atoms with Crippen molar-refractivity contribution in [1.82, 2.24) is 0 Å². The Morgan fingerprint density at radius 3 is 1.30 bits per heavy atom. The molecule has 3 nitrogen and oxygen atoms in total. The number of hydrogen-bond acceptors (Lipinski definition) is 3. The molecule has 3 heteroatoms. The van der Waals surface area contributed by atoms with Gasteiger partial charge in [0.15, 0.2) is 0 Å². The number of nitrogen functional groups attached to an aromatic ring is 1. The zero-order valence-electron chi connectivity index (χ0n) is 18.2. The van der Waals surface area contributed by atoms with Crippen molar-refractivity contribution in [3.05, 3.63) is 133 Å². The van der Waals surface area contributed by atoms with E-state index in [-0.39, 0.29) is 0 Å². The molecule has 0 fully saturated rings. The lowest BCUT2D eigenvalue weighted by Crippen LogP contribution is -2.09. The maximum Gasteiger partial charge on any atom is 0.0463 e. The SMILES string of the molecule is Nc1ccc(-c2ccc(Nc3ccc(N(c4ccccc4)c4ccccc4)cc3)cc2)cc1. The summed E-state index contributed by atoms with van der Waals surface area (Å²) in [6, 6.07) is 45.7. The standard InChI is InChI=1S/C30H25N3/c31-25-15-11-23(12-16-25)24-13-17-26(18-14-24)32-27-19-21-30(22-20-27)33(28-7-3-1-4-8-28)29-9-5-2-6-10-29/h1-22,32H,31H2. The highest BCUT2D eigenvalue weighted by Gasteiger charge is 2.11. The Hall–Kier alpha value is -4.50. The van der Waals surface area contributed by atoms with Crippen LogP contribution in [-0.2, 0) is 0 Å². The number of hydrogen-bond donors (Lipinski definition) is 2. The zero-order chi connectivity index (χ0) is 22.5. The first kappa shape index (κ1) is 20.4. The Labute approximate surface area is 194 Å². The van der Waals surface area contributed by atoms with Crippen LogP contribution in [0.5, 0.6) is 0 Å². The fraction of sp³-hybridized carbons (Fsp3) is 0. The molecule has 5 aromatic carbocycles. The molecule has 0 aliphatic carbocycles. The molecule has 160 valence electrons. The minimum Gasteiger partial charge on any atom is -0.399 e. The molecular formula is C30H25N3. The van der Waals surface area contributed by atoms with Gasteiger partial charge in [-0.15, -0.1) is 0 Å². The second-order valence-corrected chi connectivity index (χ2v) is 7.88. The quantitative estimate of drug-likeness (QED) is 0.269. The molecule has 0 saturated heterocycles. The lowest BCUT2D eigenvalue weighted by molar-refractivity contribution is 1.28. The van der Waals surface area contributed by atoms with Crippen LogP contribution in [0.2, 0.25) is 0 Å². The first-order chi connectivity index (χ1) is 16.3. The Kier molecular flexibility index (Phi) is 5.77. The van der Waals surface area contributed by atoms with Gasteiger partial charge < -0.3 is 16.0 Å². The van der Waals surface area contributed by atoms with Gasteiger partial charge in [0.2, 0.25) is 0 Å². The van der Waals surface area contributed by atoms with Gasteiger partial charge in [-0.2, -0.15) is 0 Å². The van der Waals surface area contributed by atoms with E-state index >= 15 is 0 Å². The van der Waals surface area contributed by atoms with Crippen LogP contribution in [0.1, 0.15) is 0 Å². The Balaban J connectivity index is 1.36. The molecule has 5 rings (SSSR count). The van der Waals surface area contributed by atoms with Gasteiger partial charge >= 0.3 is 0 Å². The molecule has 0 aliphatic heterocycles. The van der Waals surface area contributed by atoms with E-state index in [1.165, 1.54) is 0 Å². The van der Waals surface area contributed by atoms with Gasteiger partial charge in [0.1, 0.15) is 0 Å². The number of rotatable bonds is 6. The van der Waals surface area contributed by atoms with Crippen LogP contribution in [0.25, 0.3) is 11.1 Å². The van der Waals surface area contributed by atoms with Gasteiger partial charge in [-0.1, -0.05) is 60.7 Å². The van der Waals surface area contributed by atoms with E-state index in [9.17, 15) is 0 Å². The van der Waals surface area contributed by atoms with Gasteiger partial charge in [-0.05, 0) is 83.9 Å². The Morgan fingerprint density at radius 1 is 0.424 bits per heavy atom. The lowest BCUT2D eigenvalue weighted by atomic mass is 10.1. The molecule has 0 unspecified atom stereocenters. The summed E-state index contributed by atoms with van der Waals surface area (Å²) < 4.78 is 0. The zero-order valence-corrected chi connectivity index (χ0v) is 18.2. The molecule has 3 N–H and O–H groups in total. The minimum atomic E-state index is 0.776. The second-order valence-electron chi connectivity index (χ2n) is 7.88. The van der Waals surface area contributed by atoms with Crippen molar-refractivity contribution in [3.8, 4) is 11.1 Å². The van der Waals surface area contributed by atoms with Gasteiger partial charge in [0.05, 0.1) is 0 Å². The Morgan fingerprint density at radius 2 is 0.818 bits per heavy atom. The van der Waals surface area contributed by atoms with E-state index in [2.05, 4.69) is 107 Å². The molecule has 0 aromatic heterocycles. The van der Waals surface area contributed by atoms with Gasteiger partial charge in [0.25, 0.3) is 0 Å². The minimum absolute atomic E-state index is 0.776. The van der Waals surface area contributed by atoms with Crippen molar-refractivity contribution in [2.24, 2.45) is 0 Å². The smallest absolute Gasteiger partial charge is 0.0463 e. The molecular weight excluding hydrogens is 402 g/mol. The van der Waals surface area contributed by atoms with Crippen LogP contribution in [0.15, 0.2) is 133 Å². The van der Waals surface area contributed by atoms with Crippen LogP contribution in [0.4, 0.5) is 34.1 Å². The van der Waals surface area contributed by atoms with Gasteiger partial charge in [-0.3, -0.25) is 0 Å². The summed E-state index contributed by atoms with van der Waals surface area (Å²) in [5.74, 6) is 0. The second kappa shape index (κ2) is 9.33. The number of nitrogens with two attached hydrogens (primary N) is 1. The summed E-state index contributed by atoms with van der Waals surface area (Å²) in [6.45, 7) is 0. The number of para-hydroxylation sites is 2. The normalized spacial score (nSPS) is 10.5. The largest absolute Gasteiger partial charge is 0.399 e. The molecule has 0 bridgehead atoms. The lowest BCUT2D eigenvalue weighted by Gasteiger charge is -2.25. The topological polar surface area (TPSA) is 41.3 Å². The van der Waals surface area contributed by atoms with E-state index in [4.69, 9.17) is 5.73 Å². The van der Waals surface area contributed by atoms with Gasteiger partial charge in [-0.25, -0.2) is 0 Å². The fourth-order valence-corrected chi connectivity index (χ4v) is 3.88.